The topological polar surface area (TPSA) is 68.5 Å². The molecule has 0 saturated carbocycles. The van der Waals surface area contributed by atoms with E-state index in [4.69, 9.17) is 16.9 Å². The minimum absolute atomic E-state index is 0.0273. The molecular weight excluding hydrogens is 320 g/mol. The van der Waals surface area contributed by atoms with Crippen LogP contribution in [0.25, 0.3) is 0 Å². The number of piperidine rings is 1. The van der Waals surface area contributed by atoms with Crippen molar-refractivity contribution in [1.82, 2.24) is 10.2 Å². The number of hydrogen-bond acceptors (Lipinski definition) is 4. The van der Waals surface area contributed by atoms with Gasteiger partial charge in [0.2, 0.25) is 0 Å². The standard InChI is InChI=1S/C15H17ClN4OS/c1-22-15(18-10-17)19-11-5-6-12(13(16)9-11)14(21)20-7-3-2-4-8-20/h5-6,9H,2-4,7-8H2,1H3,(H,18,19). The number of hydrogen-bond donors (Lipinski definition) is 1. The number of thioether (sulfide) groups is 1. The highest BCUT2D eigenvalue weighted by molar-refractivity contribution is 8.13. The van der Waals surface area contributed by atoms with Gasteiger partial charge in [-0.3, -0.25) is 10.1 Å². The summed E-state index contributed by atoms with van der Waals surface area (Å²) in [5.41, 5.74) is 1.11. The van der Waals surface area contributed by atoms with E-state index in [0.717, 1.165) is 25.9 Å². The lowest BCUT2D eigenvalue weighted by atomic mass is 10.1. The van der Waals surface area contributed by atoms with Crippen LogP contribution in [0.4, 0.5) is 5.69 Å². The molecule has 1 heterocycles. The molecule has 1 amide bonds. The summed E-state index contributed by atoms with van der Waals surface area (Å²) in [6.07, 6.45) is 6.91. The second-order valence-electron chi connectivity index (χ2n) is 4.87. The van der Waals surface area contributed by atoms with Crippen LogP contribution in [-0.4, -0.2) is 35.3 Å². The number of benzene rings is 1. The van der Waals surface area contributed by atoms with Gasteiger partial charge in [0.1, 0.15) is 0 Å². The van der Waals surface area contributed by atoms with E-state index in [2.05, 4.69) is 10.3 Å². The summed E-state index contributed by atoms with van der Waals surface area (Å²) in [5, 5.41) is 12.0. The molecule has 1 N–H and O–H groups in total. The Balaban J connectivity index is 2.19. The van der Waals surface area contributed by atoms with Crippen molar-refractivity contribution in [2.45, 2.75) is 19.3 Å². The van der Waals surface area contributed by atoms with Gasteiger partial charge >= 0.3 is 0 Å². The molecule has 0 aromatic heterocycles. The molecule has 0 bridgehead atoms. The van der Waals surface area contributed by atoms with Crippen molar-refractivity contribution in [1.29, 1.82) is 5.26 Å². The zero-order valence-corrected chi connectivity index (χ0v) is 13.9. The van der Waals surface area contributed by atoms with E-state index in [-0.39, 0.29) is 5.91 Å². The summed E-state index contributed by atoms with van der Waals surface area (Å²) in [5.74, 6) is -0.0273. The molecule has 1 aromatic carbocycles. The van der Waals surface area contributed by atoms with Crippen LogP contribution in [0, 0.1) is 11.5 Å². The SMILES string of the molecule is CSC(=Nc1ccc(C(=O)N2CCCCC2)c(Cl)c1)NC#N. The highest BCUT2D eigenvalue weighted by Crippen LogP contribution is 2.25. The molecule has 1 fully saturated rings. The van der Waals surface area contributed by atoms with Gasteiger partial charge in [0.25, 0.3) is 5.91 Å². The number of nitrogens with one attached hydrogen (secondary N) is 1. The zero-order valence-electron chi connectivity index (χ0n) is 12.3. The van der Waals surface area contributed by atoms with Crippen molar-refractivity contribution < 1.29 is 4.79 Å². The average Bonchev–Trinajstić information content (AvgIpc) is 2.55. The molecule has 0 spiro atoms. The Labute approximate surface area is 139 Å². The van der Waals surface area contributed by atoms with Crippen molar-refractivity contribution in [3.8, 4) is 6.19 Å². The Morgan fingerprint density at radius 1 is 1.41 bits per heavy atom. The Morgan fingerprint density at radius 3 is 2.73 bits per heavy atom. The third-order valence-electron chi connectivity index (χ3n) is 3.41. The maximum atomic E-state index is 12.5. The lowest BCUT2D eigenvalue weighted by molar-refractivity contribution is 0.0724. The van der Waals surface area contributed by atoms with Crippen molar-refractivity contribution in [2.24, 2.45) is 4.99 Å². The Bertz CT molecular complexity index is 620. The molecule has 1 aliphatic rings. The fraction of sp³-hybridized carbons (Fsp3) is 0.400. The number of carbonyl (C=O) groups excluding carboxylic acids is 1. The first-order valence-electron chi connectivity index (χ1n) is 7.02. The molecular formula is C15H17ClN4OS. The summed E-state index contributed by atoms with van der Waals surface area (Å²) < 4.78 is 0. The molecule has 7 heteroatoms. The van der Waals surface area contributed by atoms with E-state index >= 15 is 0 Å². The van der Waals surface area contributed by atoms with Crippen molar-refractivity contribution in [3.05, 3.63) is 28.8 Å². The highest BCUT2D eigenvalue weighted by Gasteiger charge is 2.20. The van der Waals surface area contributed by atoms with Crippen LogP contribution < -0.4 is 5.32 Å². The zero-order chi connectivity index (χ0) is 15.9. The van der Waals surface area contributed by atoms with E-state index in [0.29, 0.717) is 21.4 Å². The van der Waals surface area contributed by atoms with Crippen LogP contribution in [-0.2, 0) is 0 Å². The fourth-order valence-corrected chi connectivity index (χ4v) is 2.90. The summed E-state index contributed by atoms with van der Waals surface area (Å²) >= 11 is 7.56. The summed E-state index contributed by atoms with van der Waals surface area (Å²) in [6, 6.07) is 5.08. The average molecular weight is 337 g/mol. The van der Waals surface area contributed by atoms with Gasteiger partial charge < -0.3 is 4.90 Å². The number of carbonyl (C=O) groups is 1. The van der Waals surface area contributed by atoms with Gasteiger partial charge in [0.05, 0.1) is 16.3 Å². The maximum absolute atomic E-state index is 12.5. The van der Waals surface area contributed by atoms with Crippen LogP contribution in [0.15, 0.2) is 23.2 Å². The summed E-state index contributed by atoms with van der Waals surface area (Å²) in [4.78, 5) is 18.6. The summed E-state index contributed by atoms with van der Waals surface area (Å²) in [6.45, 7) is 1.58. The highest BCUT2D eigenvalue weighted by atomic mass is 35.5. The maximum Gasteiger partial charge on any atom is 0.255 e. The van der Waals surface area contributed by atoms with Crippen molar-refractivity contribution >= 4 is 40.1 Å². The number of amides is 1. The monoisotopic (exact) mass is 336 g/mol. The van der Waals surface area contributed by atoms with E-state index < -0.39 is 0 Å². The van der Waals surface area contributed by atoms with Gasteiger partial charge in [-0.05, 0) is 43.7 Å². The molecule has 2 rings (SSSR count). The second-order valence-corrected chi connectivity index (χ2v) is 6.08. The smallest absolute Gasteiger partial charge is 0.255 e. The minimum atomic E-state index is -0.0273. The van der Waals surface area contributed by atoms with Gasteiger partial charge in [0, 0.05) is 13.1 Å². The molecule has 116 valence electrons. The first-order chi connectivity index (χ1) is 10.7. The predicted molar refractivity (Wildman–Crippen MR) is 90.6 cm³/mol. The number of nitrogens with zero attached hydrogens (tertiary/aromatic N) is 3. The minimum Gasteiger partial charge on any atom is -0.339 e. The second kappa shape index (κ2) is 8.06. The predicted octanol–water partition coefficient (Wildman–Crippen LogP) is 3.39. The Hall–Kier alpha value is -1.71. The van der Waals surface area contributed by atoms with Crippen LogP contribution in [0.5, 0.6) is 0 Å². The Morgan fingerprint density at radius 2 is 2.14 bits per heavy atom. The molecule has 1 aliphatic heterocycles. The summed E-state index contributed by atoms with van der Waals surface area (Å²) in [7, 11) is 0. The van der Waals surface area contributed by atoms with Gasteiger partial charge in [0.15, 0.2) is 11.4 Å². The number of halogens is 1. The molecule has 1 aromatic rings. The largest absolute Gasteiger partial charge is 0.339 e. The van der Waals surface area contributed by atoms with E-state index in [1.807, 2.05) is 17.3 Å². The first-order valence-corrected chi connectivity index (χ1v) is 8.62. The van der Waals surface area contributed by atoms with Gasteiger partial charge in [-0.15, -0.1) is 0 Å². The van der Waals surface area contributed by atoms with Gasteiger partial charge in [-0.2, -0.15) is 5.26 Å². The number of aliphatic imine (C=N–C) groups is 1. The molecule has 0 atom stereocenters. The number of nitriles is 1. The number of amidine groups is 1. The van der Waals surface area contributed by atoms with E-state index in [1.165, 1.54) is 18.2 Å². The van der Waals surface area contributed by atoms with E-state index in [1.54, 1.807) is 18.2 Å². The normalized spacial score (nSPS) is 15.3. The molecule has 5 nitrogen and oxygen atoms in total. The number of rotatable bonds is 2. The first kappa shape index (κ1) is 16.7. The van der Waals surface area contributed by atoms with Gasteiger partial charge in [-0.25, -0.2) is 4.99 Å². The van der Waals surface area contributed by atoms with Crippen LogP contribution in [0.2, 0.25) is 5.02 Å². The van der Waals surface area contributed by atoms with Crippen LogP contribution in [0.1, 0.15) is 29.6 Å². The van der Waals surface area contributed by atoms with Crippen molar-refractivity contribution in [2.75, 3.05) is 19.3 Å². The quantitative estimate of drug-likeness (QED) is 0.389. The third kappa shape index (κ3) is 4.15. The number of likely N-dealkylation sites (tertiary alicyclic amines) is 1. The van der Waals surface area contributed by atoms with Crippen LogP contribution in [0.3, 0.4) is 0 Å². The third-order valence-corrected chi connectivity index (χ3v) is 4.31. The van der Waals surface area contributed by atoms with Gasteiger partial charge in [-0.1, -0.05) is 23.4 Å². The lowest BCUT2D eigenvalue weighted by Crippen LogP contribution is -2.35. The molecule has 0 unspecified atom stereocenters. The Kier molecular flexibility index (Phi) is 6.10. The van der Waals surface area contributed by atoms with E-state index in [9.17, 15) is 4.79 Å². The molecule has 1 saturated heterocycles. The van der Waals surface area contributed by atoms with Crippen molar-refractivity contribution in [3.63, 3.8) is 0 Å². The lowest BCUT2D eigenvalue weighted by Gasteiger charge is -2.27. The van der Waals surface area contributed by atoms with Crippen LogP contribution >= 0.6 is 23.4 Å². The molecule has 0 aliphatic carbocycles. The fourth-order valence-electron chi connectivity index (χ4n) is 2.30. The molecule has 0 radical (unpaired) electrons. The molecule has 22 heavy (non-hydrogen) atoms.